The molecule has 5 rings (SSSR count). The maximum absolute atomic E-state index is 9.34. The van der Waals surface area contributed by atoms with Crippen molar-refractivity contribution in [2.24, 2.45) is 0 Å². The number of hydrogen-bond donors (Lipinski definition) is 2. The molecule has 2 fully saturated rings. The van der Waals surface area contributed by atoms with Gasteiger partial charge in [-0.3, -0.25) is 0 Å². The summed E-state index contributed by atoms with van der Waals surface area (Å²) >= 11 is 0. The summed E-state index contributed by atoms with van der Waals surface area (Å²) in [6.07, 6.45) is 11.4. The second-order valence-electron chi connectivity index (χ2n) is 9.50. The van der Waals surface area contributed by atoms with Crippen LogP contribution in [-0.4, -0.2) is 15.0 Å². The third-order valence-electron chi connectivity index (χ3n) is 7.38. The summed E-state index contributed by atoms with van der Waals surface area (Å²) in [4.78, 5) is 12.7. The topological polar surface area (TPSA) is 114 Å². The SMILES string of the molecule is N#CC1(c2ccccc2)CCCCC1.Nc1nc(N)nc(C2(c3ccccc3)CCCCC2)n1. The van der Waals surface area contributed by atoms with Crippen molar-refractivity contribution in [3.05, 3.63) is 77.6 Å². The lowest BCUT2D eigenvalue weighted by Crippen LogP contribution is -2.33. The number of benzene rings is 2. The number of nitrogen functional groups attached to an aromatic ring is 2. The van der Waals surface area contributed by atoms with Crippen molar-refractivity contribution in [2.75, 3.05) is 11.5 Å². The van der Waals surface area contributed by atoms with Crippen LogP contribution in [0.1, 0.15) is 81.2 Å². The van der Waals surface area contributed by atoms with Crippen LogP contribution in [0, 0.1) is 11.3 Å². The summed E-state index contributed by atoms with van der Waals surface area (Å²) in [6.45, 7) is 0. The van der Waals surface area contributed by atoms with Gasteiger partial charge in [-0.15, -0.1) is 0 Å². The van der Waals surface area contributed by atoms with Gasteiger partial charge in [0.1, 0.15) is 5.82 Å². The number of nitrogens with zero attached hydrogens (tertiary/aromatic N) is 4. The number of hydrogen-bond acceptors (Lipinski definition) is 6. The first-order chi connectivity index (χ1) is 16.6. The van der Waals surface area contributed by atoms with Gasteiger partial charge in [-0.1, -0.05) is 99.2 Å². The second kappa shape index (κ2) is 10.6. The van der Waals surface area contributed by atoms with Gasteiger partial charge in [0, 0.05) is 0 Å². The molecular weight excluding hydrogens is 420 g/mol. The first-order valence-corrected chi connectivity index (χ1v) is 12.4. The predicted molar refractivity (Wildman–Crippen MR) is 136 cm³/mol. The van der Waals surface area contributed by atoms with Gasteiger partial charge in [0.15, 0.2) is 0 Å². The summed E-state index contributed by atoms with van der Waals surface area (Å²) in [5.74, 6) is 1.12. The molecule has 3 aromatic rings. The zero-order chi connectivity index (χ0) is 23.9. The standard InChI is InChI=1S/C15H19N5.C13H15N/c16-13-18-12(19-14(17)20-13)15(9-5-2-6-10-15)11-7-3-1-4-8-11;14-11-13(9-5-2-6-10-13)12-7-3-1-4-8-12/h1,3-4,7-8H,2,5-6,9-10H2,(H4,16,17,18,19,20);1,3-4,7-8H,2,5-6,9-10H2. The number of rotatable bonds is 3. The van der Waals surface area contributed by atoms with Crippen molar-refractivity contribution in [1.82, 2.24) is 15.0 Å². The highest BCUT2D eigenvalue weighted by atomic mass is 15.1. The largest absolute Gasteiger partial charge is 0.368 e. The first-order valence-electron chi connectivity index (χ1n) is 12.4. The van der Waals surface area contributed by atoms with E-state index in [2.05, 4.69) is 57.4 Å². The minimum Gasteiger partial charge on any atom is -0.368 e. The molecule has 0 unspecified atom stereocenters. The minimum atomic E-state index is -0.181. The van der Waals surface area contributed by atoms with Gasteiger partial charge in [-0.25, -0.2) is 0 Å². The van der Waals surface area contributed by atoms with E-state index in [4.69, 9.17) is 11.5 Å². The van der Waals surface area contributed by atoms with Crippen molar-refractivity contribution in [2.45, 2.75) is 75.0 Å². The molecule has 2 aliphatic carbocycles. The highest BCUT2D eigenvalue weighted by Gasteiger charge is 2.39. The van der Waals surface area contributed by atoms with E-state index in [1.165, 1.54) is 49.7 Å². The van der Waals surface area contributed by atoms with Gasteiger partial charge in [0.05, 0.1) is 16.9 Å². The molecule has 0 saturated heterocycles. The normalized spacial score (nSPS) is 18.7. The van der Waals surface area contributed by atoms with Gasteiger partial charge >= 0.3 is 0 Å². The number of nitrogens with two attached hydrogens (primary N) is 2. The van der Waals surface area contributed by atoms with Crippen LogP contribution in [0.4, 0.5) is 11.9 Å². The van der Waals surface area contributed by atoms with Crippen molar-refractivity contribution < 1.29 is 0 Å². The first kappa shape index (κ1) is 23.7. The van der Waals surface area contributed by atoms with Gasteiger partial charge in [-0.2, -0.15) is 20.2 Å². The Kier molecular flexibility index (Phi) is 7.42. The molecule has 176 valence electrons. The molecule has 4 N–H and O–H groups in total. The zero-order valence-electron chi connectivity index (χ0n) is 19.8. The molecule has 0 aliphatic heterocycles. The fourth-order valence-electron chi connectivity index (χ4n) is 5.55. The summed E-state index contributed by atoms with van der Waals surface area (Å²) in [7, 11) is 0. The molecule has 34 heavy (non-hydrogen) atoms. The molecule has 6 heteroatoms. The second-order valence-corrected chi connectivity index (χ2v) is 9.50. The van der Waals surface area contributed by atoms with Crippen LogP contribution in [0.15, 0.2) is 60.7 Å². The lowest BCUT2D eigenvalue weighted by atomic mass is 9.69. The molecule has 0 radical (unpaired) electrons. The number of aromatic nitrogens is 3. The fourth-order valence-corrected chi connectivity index (χ4v) is 5.55. The van der Waals surface area contributed by atoms with Gasteiger partial charge in [-0.05, 0) is 36.8 Å². The number of nitriles is 1. The van der Waals surface area contributed by atoms with Crippen molar-refractivity contribution in [3.8, 4) is 6.07 Å². The third-order valence-corrected chi connectivity index (χ3v) is 7.38. The van der Waals surface area contributed by atoms with Crippen LogP contribution in [-0.2, 0) is 10.8 Å². The smallest absolute Gasteiger partial charge is 0.225 e. The Hall–Kier alpha value is -3.46. The van der Waals surface area contributed by atoms with Crippen LogP contribution < -0.4 is 11.5 Å². The molecule has 1 aromatic heterocycles. The van der Waals surface area contributed by atoms with Crippen LogP contribution in [0.25, 0.3) is 0 Å². The van der Waals surface area contributed by atoms with Gasteiger partial charge in [0.25, 0.3) is 0 Å². The lowest BCUT2D eigenvalue weighted by Gasteiger charge is -2.36. The van der Waals surface area contributed by atoms with Crippen LogP contribution in [0.2, 0.25) is 0 Å². The Morgan fingerprint density at radius 3 is 1.59 bits per heavy atom. The Morgan fingerprint density at radius 2 is 1.09 bits per heavy atom. The molecule has 0 bridgehead atoms. The van der Waals surface area contributed by atoms with Crippen LogP contribution in [0.3, 0.4) is 0 Å². The van der Waals surface area contributed by atoms with E-state index in [0.29, 0.717) is 5.82 Å². The highest BCUT2D eigenvalue weighted by Crippen LogP contribution is 2.43. The third kappa shape index (κ3) is 5.04. The van der Waals surface area contributed by atoms with E-state index in [1.54, 1.807) is 0 Å². The molecule has 1 heterocycles. The average molecular weight is 455 g/mol. The maximum Gasteiger partial charge on any atom is 0.225 e. The molecule has 6 nitrogen and oxygen atoms in total. The zero-order valence-corrected chi connectivity index (χ0v) is 19.8. The molecule has 0 atom stereocenters. The minimum absolute atomic E-state index is 0.176. The molecule has 2 saturated carbocycles. The predicted octanol–water partition coefficient (Wildman–Crippen LogP) is 5.70. The van der Waals surface area contributed by atoms with Crippen LogP contribution in [0.5, 0.6) is 0 Å². The quantitative estimate of drug-likeness (QED) is 0.525. The van der Waals surface area contributed by atoms with E-state index >= 15 is 0 Å². The Labute approximate surface area is 202 Å². The Morgan fingerprint density at radius 1 is 0.618 bits per heavy atom. The van der Waals surface area contributed by atoms with Crippen LogP contribution >= 0.6 is 0 Å². The Balaban J connectivity index is 0.000000172. The van der Waals surface area contributed by atoms with Crippen molar-refractivity contribution in [3.63, 3.8) is 0 Å². The van der Waals surface area contributed by atoms with E-state index in [1.807, 2.05) is 24.3 Å². The lowest BCUT2D eigenvalue weighted by molar-refractivity contribution is 0.330. The number of anilines is 2. The summed E-state index contributed by atoms with van der Waals surface area (Å²) in [5, 5.41) is 9.34. The molecule has 0 amide bonds. The summed E-state index contributed by atoms with van der Waals surface area (Å²) in [6, 6.07) is 23.2. The van der Waals surface area contributed by atoms with Crippen molar-refractivity contribution in [1.29, 1.82) is 5.26 Å². The molecular formula is C28H34N6. The maximum atomic E-state index is 9.34. The summed E-state index contributed by atoms with van der Waals surface area (Å²) in [5.41, 5.74) is 13.6. The van der Waals surface area contributed by atoms with Crippen molar-refractivity contribution >= 4 is 11.9 Å². The van der Waals surface area contributed by atoms with E-state index < -0.39 is 0 Å². The van der Waals surface area contributed by atoms with E-state index in [-0.39, 0.29) is 22.7 Å². The summed E-state index contributed by atoms with van der Waals surface area (Å²) < 4.78 is 0. The highest BCUT2D eigenvalue weighted by molar-refractivity contribution is 5.37. The monoisotopic (exact) mass is 454 g/mol. The average Bonchev–Trinajstić information content (AvgIpc) is 2.90. The van der Waals surface area contributed by atoms with Gasteiger partial charge < -0.3 is 11.5 Å². The molecule has 2 aromatic carbocycles. The molecule has 2 aliphatic rings. The Bertz CT molecular complexity index is 1070. The van der Waals surface area contributed by atoms with Gasteiger partial charge in [0.2, 0.25) is 11.9 Å². The molecule has 0 spiro atoms. The van der Waals surface area contributed by atoms with E-state index in [0.717, 1.165) is 25.7 Å². The fraction of sp³-hybridized carbons (Fsp3) is 0.429. The van der Waals surface area contributed by atoms with E-state index in [9.17, 15) is 5.26 Å².